The van der Waals surface area contributed by atoms with Gasteiger partial charge in [-0.15, -0.1) is 10.2 Å². The molecule has 1 amide bonds. The summed E-state index contributed by atoms with van der Waals surface area (Å²) in [5.74, 6) is -0.223. The molecule has 3 aromatic rings. The third-order valence-corrected chi connectivity index (χ3v) is 5.65. The van der Waals surface area contributed by atoms with Crippen molar-refractivity contribution in [3.8, 4) is 17.3 Å². The van der Waals surface area contributed by atoms with Gasteiger partial charge in [-0.25, -0.2) is 4.98 Å². The second-order valence-electron chi connectivity index (χ2n) is 6.22. The van der Waals surface area contributed by atoms with Crippen molar-refractivity contribution in [3.05, 3.63) is 53.0 Å². The average molecular weight is 396 g/mol. The molecule has 0 atom stereocenters. The topological polar surface area (TPSA) is 91.6 Å². The number of benzene rings is 1. The van der Waals surface area contributed by atoms with E-state index in [9.17, 15) is 10.1 Å². The number of nitrogens with zero attached hydrogens (tertiary/aromatic N) is 4. The highest BCUT2D eigenvalue weighted by Crippen LogP contribution is 2.35. The molecule has 27 heavy (non-hydrogen) atoms. The molecule has 2 heterocycles. The molecule has 0 unspecified atom stereocenters. The lowest BCUT2D eigenvalue weighted by Gasteiger charge is -2.22. The van der Waals surface area contributed by atoms with Crippen LogP contribution in [0.1, 0.15) is 24.4 Å². The normalized spacial score (nSPS) is 11.0. The molecule has 0 radical (unpaired) electrons. The Morgan fingerprint density at radius 1 is 1.19 bits per heavy atom. The highest BCUT2D eigenvalue weighted by atomic mass is 32.2. The number of carbonyl (C=O) groups excluding carboxylic acids is 1. The number of nitriles is 1. The smallest absolute Gasteiger partial charge is 0.242 e. The number of rotatable bonds is 5. The summed E-state index contributed by atoms with van der Waals surface area (Å²) >= 11 is 2.57. The van der Waals surface area contributed by atoms with Crippen molar-refractivity contribution in [1.29, 1.82) is 5.26 Å². The second-order valence-corrected chi connectivity index (χ2v) is 9.01. The fourth-order valence-corrected chi connectivity index (χ4v) is 3.84. The van der Waals surface area contributed by atoms with Crippen LogP contribution in [0.2, 0.25) is 0 Å². The molecule has 0 aliphatic heterocycles. The van der Waals surface area contributed by atoms with Crippen molar-refractivity contribution in [2.24, 2.45) is 0 Å². The van der Waals surface area contributed by atoms with Crippen LogP contribution in [0.3, 0.4) is 0 Å². The molecule has 0 saturated carbocycles. The maximum Gasteiger partial charge on any atom is 0.242 e. The first-order valence-corrected chi connectivity index (χ1v) is 9.79. The molecule has 2 aromatic heterocycles. The Morgan fingerprint density at radius 2 is 1.93 bits per heavy atom. The summed E-state index contributed by atoms with van der Waals surface area (Å²) in [6.07, 6.45) is 0. The largest absolute Gasteiger partial charge is 0.299 e. The van der Waals surface area contributed by atoms with Gasteiger partial charge < -0.3 is 0 Å². The third-order valence-electron chi connectivity index (χ3n) is 3.70. The Morgan fingerprint density at radius 3 is 2.56 bits per heavy atom. The summed E-state index contributed by atoms with van der Waals surface area (Å²) in [7, 11) is 0. The number of aryl methyl sites for hydroxylation is 1. The summed E-state index contributed by atoms with van der Waals surface area (Å²) in [6.45, 7) is 5.41. The van der Waals surface area contributed by atoms with Crippen molar-refractivity contribution in [2.45, 2.75) is 30.5 Å². The number of pyridine rings is 1. The number of aromatic nitrogens is 3. The van der Waals surface area contributed by atoms with Gasteiger partial charge in [-0.3, -0.25) is 10.1 Å². The van der Waals surface area contributed by atoms with Crippen LogP contribution in [0, 0.1) is 18.3 Å². The molecule has 1 aromatic carbocycles. The molecule has 136 valence electrons. The van der Waals surface area contributed by atoms with Crippen LogP contribution in [-0.4, -0.2) is 25.8 Å². The SMILES string of the molecule is Cc1nnc(NC(=O)C(C)(C)Sc2nc(-c3ccccc3)ccc2C#N)s1. The van der Waals surface area contributed by atoms with E-state index in [2.05, 4.69) is 26.6 Å². The summed E-state index contributed by atoms with van der Waals surface area (Å²) in [5, 5.41) is 21.8. The van der Waals surface area contributed by atoms with Crippen LogP contribution in [0.15, 0.2) is 47.5 Å². The lowest BCUT2D eigenvalue weighted by molar-refractivity contribution is -0.117. The maximum atomic E-state index is 12.7. The van der Waals surface area contributed by atoms with Gasteiger partial charge >= 0.3 is 0 Å². The van der Waals surface area contributed by atoms with E-state index in [1.54, 1.807) is 19.9 Å². The van der Waals surface area contributed by atoms with Crippen LogP contribution >= 0.6 is 23.1 Å². The monoisotopic (exact) mass is 395 g/mol. The number of carbonyl (C=O) groups is 1. The minimum Gasteiger partial charge on any atom is -0.299 e. The molecule has 0 aliphatic carbocycles. The van der Waals surface area contributed by atoms with E-state index >= 15 is 0 Å². The van der Waals surface area contributed by atoms with Gasteiger partial charge in [0.2, 0.25) is 11.0 Å². The number of hydrogen-bond donors (Lipinski definition) is 1. The molecular formula is C19H17N5OS2. The van der Waals surface area contributed by atoms with E-state index < -0.39 is 4.75 Å². The van der Waals surface area contributed by atoms with Crippen LogP contribution in [0.25, 0.3) is 11.3 Å². The van der Waals surface area contributed by atoms with Gasteiger partial charge in [0.25, 0.3) is 0 Å². The van der Waals surface area contributed by atoms with Crippen LogP contribution in [0.4, 0.5) is 5.13 Å². The highest BCUT2D eigenvalue weighted by Gasteiger charge is 2.31. The van der Waals surface area contributed by atoms with E-state index in [0.717, 1.165) is 16.3 Å². The molecule has 0 aliphatic rings. The molecule has 0 saturated heterocycles. The molecule has 0 spiro atoms. The maximum absolute atomic E-state index is 12.7. The van der Waals surface area contributed by atoms with Crippen molar-refractivity contribution < 1.29 is 4.79 Å². The predicted molar refractivity (Wildman–Crippen MR) is 108 cm³/mol. The lowest BCUT2D eigenvalue weighted by atomic mass is 10.1. The van der Waals surface area contributed by atoms with E-state index in [1.807, 2.05) is 43.3 Å². The Balaban J connectivity index is 1.86. The number of thioether (sulfide) groups is 1. The predicted octanol–water partition coefficient (Wildman–Crippen LogP) is 4.29. The van der Waals surface area contributed by atoms with E-state index in [0.29, 0.717) is 15.7 Å². The molecular weight excluding hydrogens is 378 g/mol. The summed E-state index contributed by atoms with van der Waals surface area (Å²) in [6, 6.07) is 15.4. The van der Waals surface area contributed by atoms with Gasteiger partial charge in [0.1, 0.15) is 16.1 Å². The lowest BCUT2D eigenvalue weighted by Crippen LogP contribution is -2.34. The van der Waals surface area contributed by atoms with Gasteiger partial charge in [-0.05, 0) is 32.9 Å². The summed E-state index contributed by atoms with van der Waals surface area (Å²) < 4.78 is -0.854. The van der Waals surface area contributed by atoms with Crippen LogP contribution in [-0.2, 0) is 4.79 Å². The number of anilines is 1. The zero-order chi connectivity index (χ0) is 19.4. The van der Waals surface area contributed by atoms with Crippen molar-refractivity contribution >= 4 is 34.1 Å². The van der Waals surface area contributed by atoms with Crippen molar-refractivity contribution in [3.63, 3.8) is 0 Å². The van der Waals surface area contributed by atoms with E-state index in [1.165, 1.54) is 23.1 Å². The van der Waals surface area contributed by atoms with Crippen LogP contribution < -0.4 is 5.32 Å². The fraction of sp³-hybridized carbons (Fsp3) is 0.211. The van der Waals surface area contributed by atoms with Gasteiger partial charge in [-0.2, -0.15) is 5.26 Å². The Hall–Kier alpha value is -2.76. The number of amides is 1. The average Bonchev–Trinajstić information content (AvgIpc) is 3.07. The summed E-state index contributed by atoms with van der Waals surface area (Å²) in [5.41, 5.74) is 2.15. The van der Waals surface area contributed by atoms with Crippen molar-refractivity contribution in [1.82, 2.24) is 15.2 Å². The zero-order valence-electron chi connectivity index (χ0n) is 15.1. The van der Waals surface area contributed by atoms with Crippen molar-refractivity contribution in [2.75, 3.05) is 5.32 Å². The number of hydrogen-bond acceptors (Lipinski definition) is 7. The second kappa shape index (κ2) is 7.86. The van der Waals surface area contributed by atoms with Gasteiger partial charge in [-0.1, -0.05) is 53.4 Å². The fourth-order valence-electron chi connectivity index (χ4n) is 2.26. The van der Waals surface area contributed by atoms with E-state index in [-0.39, 0.29) is 5.91 Å². The standard InChI is InChI=1S/C19H17N5OS2/c1-12-23-24-18(26-12)22-17(25)19(2,3)27-16-14(11-20)9-10-15(21-16)13-7-5-4-6-8-13/h4-10H,1-3H3,(H,22,24,25). The Labute approximate surface area is 165 Å². The molecule has 6 nitrogen and oxygen atoms in total. The first-order valence-electron chi connectivity index (χ1n) is 8.16. The molecule has 8 heteroatoms. The number of nitrogens with one attached hydrogen (secondary N) is 1. The molecule has 1 N–H and O–H groups in total. The molecule has 3 rings (SSSR count). The third kappa shape index (κ3) is 4.51. The Bertz CT molecular complexity index is 1010. The first kappa shape index (κ1) is 19.0. The highest BCUT2D eigenvalue weighted by molar-refractivity contribution is 8.01. The summed E-state index contributed by atoms with van der Waals surface area (Å²) in [4.78, 5) is 17.3. The van der Waals surface area contributed by atoms with Gasteiger partial charge in [0, 0.05) is 5.56 Å². The van der Waals surface area contributed by atoms with E-state index in [4.69, 9.17) is 0 Å². The Kier molecular flexibility index (Phi) is 5.54. The van der Waals surface area contributed by atoms with Gasteiger partial charge in [0.15, 0.2) is 0 Å². The van der Waals surface area contributed by atoms with Crippen LogP contribution in [0.5, 0.6) is 0 Å². The quantitative estimate of drug-likeness (QED) is 0.648. The first-order chi connectivity index (χ1) is 12.9. The molecule has 0 fully saturated rings. The van der Waals surface area contributed by atoms with Gasteiger partial charge in [0.05, 0.1) is 16.0 Å². The molecule has 0 bridgehead atoms. The minimum absolute atomic E-state index is 0.223. The minimum atomic E-state index is -0.854. The zero-order valence-corrected chi connectivity index (χ0v) is 16.7.